The first-order valence-electron chi connectivity index (χ1n) is 8.26. The Labute approximate surface area is 138 Å². The number of hydrogen-bond acceptors (Lipinski definition) is 2. The topological polar surface area (TPSA) is 23.6 Å². The Hall–Kier alpha value is -2.13. The van der Waals surface area contributed by atoms with E-state index in [4.69, 9.17) is 0 Å². The van der Waals surface area contributed by atoms with Crippen LogP contribution in [0.5, 0.6) is 0 Å². The van der Waals surface area contributed by atoms with E-state index in [0.29, 0.717) is 0 Å². The lowest BCUT2D eigenvalue weighted by Crippen LogP contribution is -2.48. The van der Waals surface area contributed by atoms with Gasteiger partial charge in [-0.1, -0.05) is 42.0 Å². The van der Waals surface area contributed by atoms with Crippen molar-refractivity contribution in [2.75, 3.05) is 26.2 Å². The van der Waals surface area contributed by atoms with Gasteiger partial charge in [-0.3, -0.25) is 9.69 Å². The Morgan fingerprint density at radius 2 is 1.65 bits per heavy atom. The fourth-order valence-corrected chi connectivity index (χ4v) is 3.08. The van der Waals surface area contributed by atoms with Crippen LogP contribution >= 0.6 is 0 Å². The Morgan fingerprint density at radius 3 is 2.35 bits per heavy atom. The predicted octanol–water partition coefficient (Wildman–Crippen LogP) is 3.26. The normalized spacial score (nSPS) is 15.7. The van der Waals surface area contributed by atoms with Crippen molar-refractivity contribution in [1.82, 2.24) is 9.80 Å². The quantitative estimate of drug-likeness (QED) is 0.869. The second kappa shape index (κ2) is 6.97. The Kier molecular flexibility index (Phi) is 4.77. The van der Waals surface area contributed by atoms with Crippen LogP contribution in [0.4, 0.5) is 0 Å². The van der Waals surface area contributed by atoms with Crippen LogP contribution in [0.2, 0.25) is 0 Å². The number of benzene rings is 2. The molecular weight excluding hydrogens is 284 g/mol. The molecule has 3 heteroatoms. The van der Waals surface area contributed by atoms with Gasteiger partial charge in [-0.2, -0.15) is 0 Å². The Balaban J connectivity index is 1.58. The van der Waals surface area contributed by atoms with Gasteiger partial charge >= 0.3 is 0 Å². The zero-order valence-corrected chi connectivity index (χ0v) is 14.0. The molecule has 0 bridgehead atoms. The first-order valence-corrected chi connectivity index (χ1v) is 8.26. The maximum atomic E-state index is 12.5. The summed E-state index contributed by atoms with van der Waals surface area (Å²) in [5.41, 5.74) is 4.84. The van der Waals surface area contributed by atoms with Gasteiger partial charge in [-0.25, -0.2) is 0 Å². The zero-order chi connectivity index (χ0) is 16.2. The molecule has 0 unspecified atom stereocenters. The molecule has 0 aromatic heterocycles. The second-order valence-corrected chi connectivity index (χ2v) is 6.36. The number of carbonyl (C=O) groups is 1. The maximum Gasteiger partial charge on any atom is 0.253 e. The van der Waals surface area contributed by atoms with Crippen molar-refractivity contribution >= 4 is 5.91 Å². The second-order valence-electron chi connectivity index (χ2n) is 6.36. The SMILES string of the molecule is Cc1ccc(C)c(CN2CCN(C(=O)c3ccccc3)CC2)c1. The van der Waals surface area contributed by atoms with Crippen LogP contribution in [0.1, 0.15) is 27.0 Å². The summed E-state index contributed by atoms with van der Waals surface area (Å²) < 4.78 is 0. The van der Waals surface area contributed by atoms with E-state index in [9.17, 15) is 4.79 Å². The third kappa shape index (κ3) is 3.80. The molecule has 1 aliphatic rings. The summed E-state index contributed by atoms with van der Waals surface area (Å²) in [4.78, 5) is 16.9. The number of carbonyl (C=O) groups excluding carboxylic acids is 1. The fraction of sp³-hybridized carbons (Fsp3) is 0.350. The number of piperazine rings is 1. The summed E-state index contributed by atoms with van der Waals surface area (Å²) in [6, 6.07) is 16.2. The minimum Gasteiger partial charge on any atom is -0.336 e. The molecule has 1 amide bonds. The van der Waals surface area contributed by atoms with E-state index in [0.717, 1.165) is 38.3 Å². The fourth-order valence-electron chi connectivity index (χ4n) is 3.08. The van der Waals surface area contributed by atoms with Gasteiger partial charge in [0.05, 0.1) is 0 Å². The van der Waals surface area contributed by atoms with Gasteiger partial charge in [0.25, 0.3) is 5.91 Å². The number of amides is 1. The number of aryl methyl sites for hydroxylation is 2. The van der Waals surface area contributed by atoms with Crippen molar-refractivity contribution < 1.29 is 4.79 Å². The van der Waals surface area contributed by atoms with Crippen molar-refractivity contribution in [2.45, 2.75) is 20.4 Å². The van der Waals surface area contributed by atoms with E-state index in [1.807, 2.05) is 35.2 Å². The van der Waals surface area contributed by atoms with Crippen molar-refractivity contribution in [3.8, 4) is 0 Å². The van der Waals surface area contributed by atoms with E-state index in [1.165, 1.54) is 16.7 Å². The molecule has 2 aromatic carbocycles. The van der Waals surface area contributed by atoms with E-state index in [2.05, 4.69) is 36.9 Å². The highest BCUT2D eigenvalue weighted by molar-refractivity contribution is 5.94. The first kappa shape index (κ1) is 15.8. The molecule has 0 N–H and O–H groups in total. The summed E-state index contributed by atoms with van der Waals surface area (Å²) in [5, 5.41) is 0. The standard InChI is InChI=1S/C20H24N2O/c1-16-8-9-17(2)19(14-16)15-21-10-12-22(13-11-21)20(23)18-6-4-3-5-7-18/h3-9,14H,10-13,15H2,1-2H3. The van der Waals surface area contributed by atoms with Crippen molar-refractivity contribution in [3.63, 3.8) is 0 Å². The van der Waals surface area contributed by atoms with Crippen LogP contribution in [-0.2, 0) is 6.54 Å². The van der Waals surface area contributed by atoms with Crippen LogP contribution in [0, 0.1) is 13.8 Å². The van der Waals surface area contributed by atoms with E-state index in [1.54, 1.807) is 0 Å². The third-order valence-electron chi connectivity index (χ3n) is 4.58. The minimum atomic E-state index is 0.150. The highest BCUT2D eigenvalue weighted by Crippen LogP contribution is 2.15. The number of nitrogens with zero attached hydrogens (tertiary/aromatic N) is 2. The molecule has 0 spiro atoms. The van der Waals surface area contributed by atoms with Gasteiger partial charge in [-0.05, 0) is 37.1 Å². The van der Waals surface area contributed by atoms with Crippen LogP contribution in [0.3, 0.4) is 0 Å². The molecule has 1 fully saturated rings. The van der Waals surface area contributed by atoms with Crippen LogP contribution in [-0.4, -0.2) is 41.9 Å². The molecule has 1 aliphatic heterocycles. The monoisotopic (exact) mass is 308 g/mol. The molecule has 23 heavy (non-hydrogen) atoms. The third-order valence-corrected chi connectivity index (χ3v) is 4.58. The summed E-state index contributed by atoms with van der Waals surface area (Å²) in [6.45, 7) is 8.76. The van der Waals surface area contributed by atoms with Crippen LogP contribution in [0.15, 0.2) is 48.5 Å². The predicted molar refractivity (Wildman–Crippen MR) is 93.5 cm³/mol. The van der Waals surface area contributed by atoms with Gasteiger partial charge in [0.2, 0.25) is 0 Å². The smallest absolute Gasteiger partial charge is 0.253 e. The van der Waals surface area contributed by atoms with E-state index >= 15 is 0 Å². The van der Waals surface area contributed by atoms with Crippen LogP contribution in [0.25, 0.3) is 0 Å². The molecule has 1 saturated heterocycles. The largest absolute Gasteiger partial charge is 0.336 e. The molecule has 2 aromatic rings. The van der Waals surface area contributed by atoms with Gasteiger partial charge in [0.1, 0.15) is 0 Å². The summed E-state index contributed by atoms with van der Waals surface area (Å²) >= 11 is 0. The first-order chi connectivity index (χ1) is 11.1. The van der Waals surface area contributed by atoms with Crippen molar-refractivity contribution in [3.05, 3.63) is 70.8 Å². The van der Waals surface area contributed by atoms with E-state index in [-0.39, 0.29) is 5.91 Å². The molecule has 120 valence electrons. The van der Waals surface area contributed by atoms with Gasteiger partial charge in [-0.15, -0.1) is 0 Å². The maximum absolute atomic E-state index is 12.5. The average Bonchev–Trinajstić information content (AvgIpc) is 2.59. The Morgan fingerprint density at radius 1 is 0.957 bits per heavy atom. The van der Waals surface area contributed by atoms with Gasteiger partial charge < -0.3 is 4.90 Å². The minimum absolute atomic E-state index is 0.150. The van der Waals surface area contributed by atoms with Crippen molar-refractivity contribution in [1.29, 1.82) is 0 Å². The summed E-state index contributed by atoms with van der Waals surface area (Å²) in [7, 11) is 0. The molecule has 0 radical (unpaired) electrons. The lowest BCUT2D eigenvalue weighted by Gasteiger charge is -2.35. The lowest BCUT2D eigenvalue weighted by atomic mass is 10.0. The molecular formula is C20H24N2O. The summed E-state index contributed by atoms with van der Waals surface area (Å²) in [6.07, 6.45) is 0. The average molecular weight is 308 g/mol. The molecule has 0 aliphatic carbocycles. The number of rotatable bonds is 3. The van der Waals surface area contributed by atoms with Gasteiger partial charge in [0.15, 0.2) is 0 Å². The van der Waals surface area contributed by atoms with Gasteiger partial charge in [0, 0.05) is 38.3 Å². The summed E-state index contributed by atoms with van der Waals surface area (Å²) in [5.74, 6) is 0.150. The zero-order valence-electron chi connectivity index (χ0n) is 14.0. The molecule has 3 rings (SSSR count). The van der Waals surface area contributed by atoms with Crippen molar-refractivity contribution in [2.24, 2.45) is 0 Å². The number of hydrogen-bond donors (Lipinski definition) is 0. The molecule has 1 heterocycles. The lowest BCUT2D eigenvalue weighted by molar-refractivity contribution is 0.0628. The Bertz CT molecular complexity index is 673. The molecule has 3 nitrogen and oxygen atoms in total. The van der Waals surface area contributed by atoms with Crippen LogP contribution < -0.4 is 0 Å². The van der Waals surface area contributed by atoms with E-state index < -0.39 is 0 Å². The highest BCUT2D eigenvalue weighted by atomic mass is 16.2. The highest BCUT2D eigenvalue weighted by Gasteiger charge is 2.22. The molecule has 0 atom stereocenters. The molecule has 0 saturated carbocycles.